The molecule has 0 spiro atoms. The van der Waals surface area contributed by atoms with Gasteiger partial charge >= 0.3 is 5.97 Å². The van der Waals surface area contributed by atoms with E-state index >= 15 is 0 Å². The van der Waals surface area contributed by atoms with Gasteiger partial charge in [-0.15, -0.1) is 0 Å². The first kappa shape index (κ1) is 22.4. The third-order valence-corrected chi connectivity index (χ3v) is 8.27. The lowest BCUT2D eigenvalue weighted by Crippen LogP contribution is -2.56. The highest BCUT2D eigenvalue weighted by Gasteiger charge is 2.53. The molecule has 8 heteroatoms. The molecule has 4 aliphatic carbocycles. The van der Waals surface area contributed by atoms with Crippen LogP contribution in [0.5, 0.6) is 0 Å². The Kier molecular flexibility index (Phi) is 5.71. The molecule has 6 rings (SSSR count). The maximum atomic E-state index is 12.7. The maximum absolute atomic E-state index is 12.7. The van der Waals surface area contributed by atoms with Crippen LogP contribution < -0.4 is 5.32 Å². The first-order valence-electron chi connectivity index (χ1n) is 11.9. The lowest BCUT2D eigenvalue weighted by molar-refractivity contribution is -0.128. The van der Waals surface area contributed by atoms with Crippen molar-refractivity contribution in [3.63, 3.8) is 0 Å². The number of hydrogen-bond acceptors (Lipinski definition) is 5. The lowest BCUT2D eigenvalue weighted by Gasteiger charge is -2.59. The highest BCUT2D eigenvalue weighted by Crippen LogP contribution is 2.61. The molecule has 4 aliphatic rings. The van der Waals surface area contributed by atoms with E-state index in [9.17, 15) is 9.59 Å². The molecule has 0 radical (unpaired) electrons. The molecular formula is C25H31ClN4O3. The zero-order chi connectivity index (χ0) is 23.3. The van der Waals surface area contributed by atoms with Gasteiger partial charge in [-0.2, -0.15) is 5.10 Å². The van der Waals surface area contributed by atoms with Gasteiger partial charge in [-0.3, -0.25) is 4.79 Å². The van der Waals surface area contributed by atoms with Gasteiger partial charge in [0.1, 0.15) is 0 Å². The topological polar surface area (TPSA) is 86.1 Å². The largest absolute Gasteiger partial charge is 0.451 e. The summed E-state index contributed by atoms with van der Waals surface area (Å²) in [6, 6.07) is 5.28. The van der Waals surface area contributed by atoms with E-state index in [1.165, 1.54) is 38.5 Å². The fourth-order valence-electron chi connectivity index (χ4n) is 6.90. The molecular weight excluding hydrogens is 440 g/mol. The monoisotopic (exact) mass is 470 g/mol. The summed E-state index contributed by atoms with van der Waals surface area (Å²) in [4.78, 5) is 29.7. The number of pyridine rings is 1. The van der Waals surface area contributed by atoms with Crippen LogP contribution in [0.25, 0.3) is 5.82 Å². The van der Waals surface area contributed by atoms with Gasteiger partial charge < -0.3 is 10.1 Å². The van der Waals surface area contributed by atoms with Crippen LogP contribution in [0.15, 0.2) is 18.2 Å². The molecule has 0 saturated heterocycles. The number of nitrogens with zero attached hydrogens (tertiary/aromatic N) is 3. The van der Waals surface area contributed by atoms with Gasteiger partial charge in [0.05, 0.1) is 10.7 Å². The lowest BCUT2D eigenvalue weighted by atomic mass is 9.48. The average Bonchev–Trinajstić information content (AvgIpc) is 3.09. The Bertz CT molecular complexity index is 1060. The Morgan fingerprint density at radius 2 is 1.82 bits per heavy atom. The molecule has 33 heavy (non-hydrogen) atoms. The number of rotatable bonds is 6. The zero-order valence-corrected chi connectivity index (χ0v) is 20.2. The minimum atomic E-state index is -0.721. The zero-order valence-electron chi connectivity index (χ0n) is 19.4. The quantitative estimate of drug-likeness (QED) is 0.632. The molecule has 1 N–H and O–H groups in total. The number of aryl methyl sites for hydroxylation is 2. The van der Waals surface area contributed by atoms with Gasteiger partial charge in [-0.1, -0.05) is 11.6 Å². The summed E-state index contributed by atoms with van der Waals surface area (Å²) in [6.07, 6.45) is 7.71. The van der Waals surface area contributed by atoms with E-state index in [1.54, 1.807) is 16.8 Å². The predicted molar refractivity (Wildman–Crippen MR) is 124 cm³/mol. The normalized spacial score (nSPS) is 28.5. The van der Waals surface area contributed by atoms with E-state index in [0.29, 0.717) is 5.82 Å². The van der Waals surface area contributed by atoms with Crippen molar-refractivity contribution in [3.05, 3.63) is 40.3 Å². The summed E-state index contributed by atoms with van der Waals surface area (Å²) < 4.78 is 6.93. The maximum Gasteiger partial charge on any atom is 0.359 e. The van der Waals surface area contributed by atoms with Crippen LogP contribution in [0.2, 0.25) is 5.02 Å². The molecule has 4 fully saturated rings. The number of nitrogens with one attached hydrogen (secondary N) is 1. The summed E-state index contributed by atoms with van der Waals surface area (Å²) in [5.74, 6) is 1.92. The van der Waals surface area contributed by atoms with Gasteiger partial charge in [0.25, 0.3) is 5.91 Å². The predicted octanol–water partition coefficient (Wildman–Crippen LogP) is 4.42. The Hall–Kier alpha value is -2.41. The SMILES string of the molecule is Cc1cc(C)n(-c2ccc(Cl)c(C(=O)OCC(=O)NC(C)C34CC5CC(CC(C5)C3)C4)n2)n1. The third-order valence-electron chi connectivity index (χ3n) is 7.97. The first-order chi connectivity index (χ1) is 15.7. The van der Waals surface area contributed by atoms with Gasteiger partial charge in [-0.25, -0.2) is 14.5 Å². The molecule has 4 saturated carbocycles. The van der Waals surface area contributed by atoms with Crippen LogP contribution in [0.4, 0.5) is 0 Å². The van der Waals surface area contributed by atoms with E-state index in [2.05, 4.69) is 22.3 Å². The van der Waals surface area contributed by atoms with Crippen LogP contribution in [0.3, 0.4) is 0 Å². The van der Waals surface area contributed by atoms with Crippen LogP contribution >= 0.6 is 11.6 Å². The summed E-state index contributed by atoms with van der Waals surface area (Å²) in [6.45, 7) is 5.56. The molecule has 2 aromatic heterocycles. The van der Waals surface area contributed by atoms with Crippen molar-refractivity contribution >= 4 is 23.5 Å². The number of hydrogen-bond donors (Lipinski definition) is 1. The number of amides is 1. The van der Waals surface area contributed by atoms with Crippen molar-refractivity contribution in [2.75, 3.05) is 6.61 Å². The minimum absolute atomic E-state index is 0.0244. The Balaban J connectivity index is 1.21. The molecule has 1 atom stereocenters. The molecule has 2 aromatic rings. The van der Waals surface area contributed by atoms with Gasteiger partial charge in [-0.05, 0) is 101 Å². The molecule has 1 amide bonds. The van der Waals surface area contributed by atoms with Crippen molar-refractivity contribution in [2.45, 2.75) is 65.3 Å². The Morgan fingerprint density at radius 3 is 2.39 bits per heavy atom. The highest BCUT2D eigenvalue weighted by atomic mass is 35.5. The molecule has 2 heterocycles. The number of halogens is 1. The number of aromatic nitrogens is 3. The van der Waals surface area contributed by atoms with Crippen molar-refractivity contribution in [2.24, 2.45) is 23.2 Å². The minimum Gasteiger partial charge on any atom is -0.451 e. The first-order valence-corrected chi connectivity index (χ1v) is 12.3. The van der Waals surface area contributed by atoms with E-state index in [-0.39, 0.29) is 34.7 Å². The van der Waals surface area contributed by atoms with Gasteiger partial charge in [0.2, 0.25) is 0 Å². The summed E-state index contributed by atoms with van der Waals surface area (Å²) in [5.41, 5.74) is 1.91. The van der Waals surface area contributed by atoms with Crippen LogP contribution in [-0.2, 0) is 9.53 Å². The standard InChI is InChI=1S/C25H31ClN4O3/c1-14-6-15(2)30(29-14)21-5-4-20(26)23(28-21)24(32)33-13-22(31)27-16(3)25-10-17-7-18(11-25)9-19(8-17)12-25/h4-6,16-19H,7-13H2,1-3H3,(H,27,31). The third kappa shape index (κ3) is 4.27. The summed E-state index contributed by atoms with van der Waals surface area (Å²) in [5, 5.41) is 7.69. The molecule has 4 bridgehead atoms. The molecule has 0 aromatic carbocycles. The van der Waals surface area contributed by atoms with Crippen LogP contribution in [-0.4, -0.2) is 39.3 Å². The second-order valence-electron chi connectivity index (χ2n) is 10.5. The number of ether oxygens (including phenoxy) is 1. The van der Waals surface area contributed by atoms with Crippen molar-refractivity contribution < 1.29 is 14.3 Å². The fourth-order valence-corrected chi connectivity index (χ4v) is 7.08. The van der Waals surface area contributed by atoms with E-state index in [0.717, 1.165) is 29.1 Å². The summed E-state index contributed by atoms with van der Waals surface area (Å²) >= 11 is 6.21. The van der Waals surface area contributed by atoms with Crippen molar-refractivity contribution in [3.8, 4) is 5.82 Å². The fraction of sp³-hybridized carbons (Fsp3) is 0.600. The van der Waals surface area contributed by atoms with E-state index in [4.69, 9.17) is 16.3 Å². The van der Waals surface area contributed by atoms with E-state index in [1.807, 2.05) is 19.9 Å². The van der Waals surface area contributed by atoms with Crippen LogP contribution in [0.1, 0.15) is 67.3 Å². The Labute approximate surface area is 199 Å². The average molecular weight is 471 g/mol. The Morgan fingerprint density at radius 1 is 1.18 bits per heavy atom. The number of carbonyl (C=O) groups is 2. The van der Waals surface area contributed by atoms with Gasteiger partial charge in [0, 0.05) is 11.7 Å². The van der Waals surface area contributed by atoms with Crippen molar-refractivity contribution in [1.29, 1.82) is 0 Å². The second kappa shape index (κ2) is 8.42. The smallest absolute Gasteiger partial charge is 0.359 e. The molecule has 176 valence electrons. The molecule has 1 unspecified atom stereocenters. The number of carbonyl (C=O) groups excluding carboxylic acids is 2. The van der Waals surface area contributed by atoms with Crippen LogP contribution in [0, 0.1) is 37.0 Å². The van der Waals surface area contributed by atoms with Gasteiger partial charge in [0.15, 0.2) is 18.1 Å². The molecule has 7 nitrogen and oxygen atoms in total. The highest BCUT2D eigenvalue weighted by molar-refractivity contribution is 6.33. The molecule has 0 aliphatic heterocycles. The number of esters is 1. The van der Waals surface area contributed by atoms with Crippen molar-refractivity contribution in [1.82, 2.24) is 20.1 Å². The summed E-state index contributed by atoms with van der Waals surface area (Å²) in [7, 11) is 0. The van der Waals surface area contributed by atoms with E-state index < -0.39 is 5.97 Å². The second-order valence-corrected chi connectivity index (χ2v) is 10.9.